The Morgan fingerprint density at radius 2 is 1.96 bits per heavy atom. The molecule has 0 unspecified atom stereocenters. The summed E-state index contributed by atoms with van der Waals surface area (Å²) in [6, 6.07) is 2.06. The highest BCUT2D eigenvalue weighted by molar-refractivity contribution is 5.55. The van der Waals surface area contributed by atoms with E-state index in [9.17, 15) is 22.4 Å². The van der Waals surface area contributed by atoms with Crippen molar-refractivity contribution in [1.82, 2.24) is 20.0 Å². The first kappa shape index (κ1) is 17.8. The van der Waals surface area contributed by atoms with Crippen LogP contribution >= 0.6 is 0 Å². The van der Waals surface area contributed by atoms with E-state index in [2.05, 4.69) is 24.6 Å². The summed E-state index contributed by atoms with van der Waals surface area (Å²) in [4.78, 5) is 12.0. The number of halogens is 4. The van der Waals surface area contributed by atoms with E-state index in [0.717, 1.165) is 10.6 Å². The number of hydrogen-bond acceptors (Lipinski definition) is 7. The van der Waals surface area contributed by atoms with Crippen LogP contribution in [0.1, 0.15) is 17.7 Å². The lowest BCUT2D eigenvalue weighted by Gasteiger charge is -2.10. The molecule has 0 fully saturated rings. The summed E-state index contributed by atoms with van der Waals surface area (Å²) in [7, 11) is 0. The van der Waals surface area contributed by atoms with Crippen LogP contribution in [0.4, 0.5) is 17.6 Å². The van der Waals surface area contributed by atoms with Gasteiger partial charge >= 0.3 is 11.9 Å². The fourth-order valence-corrected chi connectivity index (χ4v) is 2.31. The van der Waals surface area contributed by atoms with E-state index in [0.29, 0.717) is 37.2 Å². The maximum atomic E-state index is 13.5. The van der Waals surface area contributed by atoms with Crippen molar-refractivity contribution in [2.75, 3.05) is 6.54 Å². The number of nitrogens with two attached hydrogens (primary N) is 1. The molecule has 0 amide bonds. The third kappa shape index (κ3) is 3.22. The molecule has 0 aliphatic heterocycles. The zero-order valence-electron chi connectivity index (χ0n) is 13.0. The van der Waals surface area contributed by atoms with Gasteiger partial charge in [-0.15, -0.1) is 0 Å². The highest BCUT2D eigenvalue weighted by Gasteiger charge is 2.35. The smallest absolute Gasteiger partial charge is 0.330 e. The van der Waals surface area contributed by atoms with Crippen molar-refractivity contribution in [3.05, 3.63) is 45.8 Å². The lowest BCUT2D eigenvalue weighted by atomic mass is 10.1. The molecule has 0 saturated carbocycles. The SMILES string of the molecule is NCCCc1nonc1-c1noc(=O)n1-c1ccc(F)c(C(F)(F)F)c1. The second-order valence-electron chi connectivity index (χ2n) is 5.22. The number of nitrogens with zero attached hydrogens (tertiary/aromatic N) is 4. The second kappa shape index (κ2) is 6.71. The van der Waals surface area contributed by atoms with Gasteiger partial charge in [-0.3, -0.25) is 4.52 Å². The van der Waals surface area contributed by atoms with Crippen molar-refractivity contribution in [3.63, 3.8) is 0 Å². The summed E-state index contributed by atoms with van der Waals surface area (Å²) >= 11 is 0. The Labute approximate surface area is 142 Å². The van der Waals surface area contributed by atoms with Crippen LogP contribution in [0.5, 0.6) is 0 Å². The van der Waals surface area contributed by atoms with E-state index >= 15 is 0 Å². The summed E-state index contributed by atoms with van der Waals surface area (Å²) in [5, 5.41) is 10.8. The predicted molar refractivity (Wildman–Crippen MR) is 77.7 cm³/mol. The lowest BCUT2D eigenvalue weighted by molar-refractivity contribution is -0.140. The molecule has 0 radical (unpaired) electrons. The third-order valence-electron chi connectivity index (χ3n) is 3.50. The van der Waals surface area contributed by atoms with Gasteiger partial charge in [0.25, 0.3) is 0 Å². The molecule has 2 N–H and O–H groups in total. The number of aryl methyl sites for hydroxylation is 1. The van der Waals surface area contributed by atoms with Crippen molar-refractivity contribution in [1.29, 1.82) is 0 Å². The van der Waals surface area contributed by atoms with Crippen LogP contribution in [-0.4, -0.2) is 26.6 Å². The molecular weight excluding hydrogens is 362 g/mol. The molecule has 2 heterocycles. The van der Waals surface area contributed by atoms with E-state index in [-0.39, 0.29) is 17.2 Å². The first-order valence-electron chi connectivity index (χ1n) is 7.30. The number of rotatable bonds is 5. The molecule has 0 atom stereocenters. The molecule has 1 aromatic carbocycles. The van der Waals surface area contributed by atoms with Crippen LogP contribution in [0.25, 0.3) is 17.2 Å². The topological polar surface area (TPSA) is 113 Å². The summed E-state index contributed by atoms with van der Waals surface area (Å²) in [6.45, 7) is 0.352. The molecule has 0 spiro atoms. The van der Waals surface area contributed by atoms with Crippen molar-refractivity contribution in [3.8, 4) is 17.2 Å². The fraction of sp³-hybridized carbons (Fsp3) is 0.286. The Morgan fingerprint density at radius 1 is 1.19 bits per heavy atom. The van der Waals surface area contributed by atoms with Gasteiger partial charge < -0.3 is 5.73 Å². The number of benzene rings is 1. The van der Waals surface area contributed by atoms with Gasteiger partial charge in [0.1, 0.15) is 11.5 Å². The Morgan fingerprint density at radius 3 is 2.65 bits per heavy atom. The van der Waals surface area contributed by atoms with E-state index in [1.54, 1.807) is 0 Å². The maximum absolute atomic E-state index is 13.5. The Bertz CT molecular complexity index is 976. The minimum absolute atomic E-state index is 0.0159. The van der Waals surface area contributed by atoms with Crippen molar-refractivity contribution >= 4 is 0 Å². The summed E-state index contributed by atoms with van der Waals surface area (Å²) in [5.74, 6) is -2.77. The number of alkyl halides is 3. The zero-order chi connectivity index (χ0) is 18.9. The Balaban J connectivity index is 2.14. The van der Waals surface area contributed by atoms with Crippen LogP contribution < -0.4 is 11.5 Å². The second-order valence-corrected chi connectivity index (χ2v) is 5.22. The van der Waals surface area contributed by atoms with Gasteiger partial charge in [-0.2, -0.15) is 13.2 Å². The lowest BCUT2D eigenvalue weighted by Crippen LogP contribution is -2.16. The van der Waals surface area contributed by atoms with Gasteiger partial charge in [0, 0.05) is 0 Å². The van der Waals surface area contributed by atoms with Gasteiger partial charge in [0.15, 0.2) is 5.69 Å². The van der Waals surface area contributed by atoms with Gasteiger partial charge in [-0.25, -0.2) is 18.4 Å². The number of hydrogen-bond donors (Lipinski definition) is 1. The van der Waals surface area contributed by atoms with E-state index in [1.165, 1.54) is 0 Å². The van der Waals surface area contributed by atoms with E-state index < -0.39 is 23.3 Å². The quantitative estimate of drug-likeness (QED) is 0.680. The largest absolute Gasteiger partial charge is 0.446 e. The highest BCUT2D eigenvalue weighted by Crippen LogP contribution is 2.33. The standard InChI is InChI=1S/C14H11F4N5O3/c15-9-4-3-7(6-8(9)14(16,17)18)23-12(22-25-13(23)24)11-10(2-1-5-19)20-26-21-11/h3-4,6H,1-2,5,19H2. The minimum atomic E-state index is -4.94. The Kier molecular flexibility index (Phi) is 4.59. The first-order valence-corrected chi connectivity index (χ1v) is 7.30. The summed E-state index contributed by atoms with van der Waals surface area (Å²) in [5.41, 5.74) is 3.91. The predicted octanol–water partition coefficient (Wildman–Crippen LogP) is 1.92. The fourth-order valence-electron chi connectivity index (χ4n) is 2.31. The molecule has 0 aliphatic rings. The molecular formula is C14H11F4N5O3. The summed E-state index contributed by atoms with van der Waals surface area (Å²) < 4.78 is 62.2. The van der Waals surface area contributed by atoms with Crippen molar-refractivity contribution in [2.45, 2.75) is 19.0 Å². The van der Waals surface area contributed by atoms with Crippen molar-refractivity contribution in [2.24, 2.45) is 5.73 Å². The molecule has 8 nitrogen and oxygen atoms in total. The van der Waals surface area contributed by atoms with Crippen LogP contribution in [0, 0.1) is 5.82 Å². The monoisotopic (exact) mass is 373 g/mol. The molecule has 0 saturated heterocycles. The minimum Gasteiger partial charge on any atom is -0.330 e. The third-order valence-corrected chi connectivity index (χ3v) is 3.50. The molecule has 138 valence electrons. The van der Waals surface area contributed by atoms with Crippen LogP contribution in [-0.2, 0) is 12.6 Å². The van der Waals surface area contributed by atoms with Gasteiger partial charge in [0.2, 0.25) is 5.82 Å². The molecule has 12 heteroatoms. The molecule has 2 aromatic heterocycles. The highest BCUT2D eigenvalue weighted by atomic mass is 19.4. The average molecular weight is 373 g/mol. The van der Waals surface area contributed by atoms with Gasteiger partial charge in [0.05, 0.1) is 11.3 Å². The van der Waals surface area contributed by atoms with Crippen LogP contribution in [0.15, 0.2) is 32.1 Å². The molecule has 0 aliphatic carbocycles. The van der Waals surface area contributed by atoms with Gasteiger partial charge in [-0.1, -0.05) is 10.3 Å². The maximum Gasteiger partial charge on any atom is 0.446 e. The summed E-state index contributed by atoms with van der Waals surface area (Å²) in [6.07, 6.45) is -4.07. The molecule has 0 bridgehead atoms. The molecule has 26 heavy (non-hydrogen) atoms. The molecule has 3 aromatic rings. The first-order chi connectivity index (χ1) is 12.3. The van der Waals surface area contributed by atoms with Gasteiger partial charge in [-0.05, 0) is 42.7 Å². The average Bonchev–Trinajstić information content (AvgIpc) is 3.18. The van der Waals surface area contributed by atoms with E-state index in [1.807, 2.05) is 0 Å². The normalized spacial score (nSPS) is 11.9. The van der Waals surface area contributed by atoms with Crippen LogP contribution in [0.2, 0.25) is 0 Å². The van der Waals surface area contributed by atoms with E-state index in [4.69, 9.17) is 5.73 Å². The number of aromatic nitrogens is 4. The zero-order valence-corrected chi connectivity index (χ0v) is 13.0. The molecule has 3 rings (SSSR count). The van der Waals surface area contributed by atoms with Crippen molar-refractivity contribution < 1.29 is 26.7 Å². The Hall–Kier alpha value is -3.02. The van der Waals surface area contributed by atoms with Crippen LogP contribution in [0.3, 0.4) is 0 Å².